The average molecular weight is 285 g/mol. The Balaban J connectivity index is 1.78. The van der Waals surface area contributed by atoms with E-state index in [4.69, 9.17) is 0 Å². The Morgan fingerprint density at radius 2 is 1.90 bits per heavy atom. The maximum Gasteiger partial charge on any atom is 0.162 e. The van der Waals surface area contributed by atoms with Crippen LogP contribution >= 0.6 is 11.8 Å². The lowest BCUT2D eigenvalue weighted by Gasteiger charge is -2.04. The molecule has 1 aromatic heterocycles. The maximum absolute atomic E-state index is 11.9. The number of thioether (sulfide) groups is 1. The Morgan fingerprint density at radius 3 is 2.60 bits per heavy atom. The van der Waals surface area contributed by atoms with Crippen molar-refractivity contribution in [3.63, 3.8) is 0 Å². The Labute approximate surface area is 124 Å². The van der Waals surface area contributed by atoms with Crippen LogP contribution in [0, 0.1) is 13.8 Å². The Kier molecular flexibility index (Phi) is 5.36. The van der Waals surface area contributed by atoms with Crippen molar-refractivity contribution in [2.24, 2.45) is 0 Å². The predicted molar refractivity (Wildman–Crippen MR) is 84.4 cm³/mol. The molecule has 0 spiro atoms. The van der Waals surface area contributed by atoms with E-state index in [0.717, 1.165) is 28.5 Å². The summed E-state index contributed by atoms with van der Waals surface area (Å²) in [5.74, 6) is 1.15. The molecule has 0 radical (unpaired) electrons. The second-order valence-electron chi connectivity index (χ2n) is 4.87. The topological polar surface area (TPSA) is 30.0 Å². The van der Waals surface area contributed by atoms with Crippen molar-refractivity contribution >= 4 is 17.5 Å². The zero-order valence-corrected chi connectivity index (χ0v) is 12.7. The fraction of sp³-hybridized carbons (Fsp3) is 0.294. The van der Waals surface area contributed by atoms with Gasteiger partial charge in [-0.3, -0.25) is 4.79 Å². The second kappa shape index (κ2) is 7.25. The van der Waals surface area contributed by atoms with E-state index in [-0.39, 0.29) is 5.78 Å². The number of hydrogen-bond acceptors (Lipinski definition) is 3. The first-order valence-electron chi connectivity index (χ1n) is 6.81. The molecule has 0 saturated heterocycles. The summed E-state index contributed by atoms with van der Waals surface area (Å²) in [6.45, 7) is 4.09. The molecule has 2 nitrogen and oxygen atoms in total. The smallest absolute Gasteiger partial charge is 0.162 e. The molecular formula is C17H19NOS. The van der Waals surface area contributed by atoms with Gasteiger partial charge in [0.1, 0.15) is 0 Å². The number of aryl methyl sites for hydroxylation is 2. The molecule has 20 heavy (non-hydrogen) atoms. The van der Waals surface area contributed by atoms with Crippen molar-refractivity contribution in [2.45, 2.75) is 31.7 Å². The Bertz CT molecular complexity index is 561. The van der Waals surface area contributed by atoms with Gasteiger partial charge in [-0.05, 0) is 43.7 Å². The summed E-state index contributed by atoms with van der Waals surface area (Å²) in [4.78, 5) is 16.4. The SMILES string of the molecule is Cc1cc(C)nc(SCCCC(=O)c2ccccc2)c1. The summed E-state index contributed by atoms with van der Waals surface area (Å²) >= 11 is 1.72. The first kappa shape index (κ1) is 14.8. The number of Topliss-reactive ketones (excluding diaryl/α,β-unsaturated/α-hetero) is 1. The molecule has 1 aromatic carbocycles. The lowest BCUT2D eigenvalue weighted by molar-refractivity contribution is 0.0982. The van der Waals surface area contributed by atoms with Gasteiger partial charge < -0.3 is 0 Å². The first-order chi connectivity index (χ1) is 9.65. The Hall–Kier alpha value is -1.61. The predicted octanol–water partition coefficient (Wildman–Crippen LogP) is 4.45. The molecule has 0 aliphatic heterocycles. The van der Waals surface area contributed by atoms with Crippen molar-refractivity contribution < 1.29 is 4.79 Å². The van der Waals surface area contributed by atoms with Crippen LogP contribution in [0.3, 0.4) is 0 Å². The fourth-order valence-corrected chi connectivity index (χ4v) is 3.03. The molecule has 2 rings (SSSR count). The highest BCUT2D eigenvalue weighted by Crippen LogP contribution is 2.19. The number of ketones is 1. The molecule has 104 valence electrons. The number of benzene rings is 1. The quantitative estimate of drug-likeness (QED) is 0.446. The van der Waals surface area contributed by atoms with Crippen LogP contribution in [0.1, 0.15) is 34.5 Å². The van der Waals surface area contributed by atoms with E-state index >= 15 is 0 Å². The van der Waals surface area contributed by atoms with E-state index in [1.165, 1.54) is 5.56 Å². The van der Waals surface area contributed by atoms with E-state index in [0.29, 0.717) is 6.42 Å². The van der Waals surface area contributed by atoms with Crippen LogP contribution < -0.4 is 0 Å². The number of aromatic nitrogens is 1. The molecule has 0 aliphatic rings. The minimum absolute atomic E-state index is 0.222. The molecule has 0 aliphatic carbocycles. The summed E-state index contributed by atoms with van der Waals surface area (Å²) in [6, 6.07) is 13.7. The van der Waals surface area contributed by atoms with Crippen LogP contribution in [-0.4, -0.2) is 16.5 Å². The van der Waals surface area contributed by atoms with Crippen LogP contribution in [0.25, 0.3) is 0 Å². The van der Waals surface area contributed by atoms with E-state index in [1.54, 1.807) is 11.8 Å². The number of carbonyl (C=O) groups is 1. The minimum Gasteiger partial charge on any atom is -0.294 e. The van der Waals surface area contributed by atoms with Gasteiger partial charge in [-0.1, -0.05) is 30.3 Å². The minimum atomic E-state index is 0.222. The van der Waals surface area contributed by atoms with Gasteiger partial charge in [-0.25, -0.2) is 4.98 Å². The molecule has 3 heteroatoms. The third-order valence-electron chi connectivity index (χ3n) is 2.97. The standard InChI is InChI=1S/C17H19NOS/c1-13-11-14(2)18-17(12-13)20-10-6-9-16(19)15-7-4-3-5-8-15/h3-5,7-8,11-12H,6,9-10H2,1-2H3. The average Bonchev–Trinajstić information content (AvgIpc) is 2.43. The first-order valence-corrected chi connectivity index (χ1v) is 7.80. The van der Waals surface area contributed by atoms with Crippen LogP contribution in [0.5, 0.6) is 0 Å². The van der Waals surface area contributed by atoms with E-state index in [9.17, 15) is 4.79 Å². The molecule has 0 saturated carbocycles. The van der Waals surface area contributed by atoms with E-state index < -0.39 is 0 Å². The van der Waals surface area contributed by atoms with Crippen molar-refractivity contribution in [3.05, 3.63) is 59.3 Å². The normalized spacial score (nSPS) is 10.5. The molecule has 0 unspecified atom stereocenters. The summed E-state index contributed by atoms with van der Waals surface area (Å²) in [5, 5.41) is 1.05. The number of pyridine rings is 1. The Morgan fingerprint density at radius 1 is 1.15 bits per heavy atom. The lowest BCUT2D eigenvalue weighted by atomic mass is 10.1. The van der Waals surface area contributed by atoms with Crippen molar-refractivity contribution in [1.29, 1.82) is 0 Å². The molecule has 0 fully saturated rings. The van der Waals surface area contributed by atoms with Crippen LogP contribution in [-0.2, 0) is 0 Å². The van der Waals surface area contributed by atoms with Gasteiger partial charge in [-0.2, -0.15) is 0 Å². The van der Waals surface area contributed by atoms with Crippen molar-refractivity contribution in [2.75, 3.05) is 5.75 Å². The number of hydrogen-bond donors (Lipinski definition) is 0. The van der Waals surface area contributed by atoms with Gasteiger partial charge in [0.25, 0.3) is 0 Å². The molecule has 2 aromatic rings. The number of nitrogens with zero attached hydrogens (tertiary/aromatic N) is 1. The van der Waals surface area contributed by atoms with Crippen molar-refractivity contribution in [3.8, 4) is 0 Å². The maximum atomic E-state index is 11.9. The van der Waals surface area contributed by atoms with Gasteiger partial charge in [0, 0.05) is 17.7 Å². The lowest BCUT2D eigenvalue weighted by Crippen LogP contribution is -1.99. The van der Waals surface area contributed by atoms with E-state index in [2.05, 4.69) is 24.0 Å². The third-order valence-corrected chi connectivity index (χ3v) is 3.97. The highest BCUT2D eigenvalue weighted by atomic mass is 32.2. The summed E-state index contributed by atoms with van der Waals surface area (Å²) in [6.07, 6.45) is 1.48. The zero-order chi connectivity index (χ0) is 14.4. The van der Waals surface area contributed by atoms with Gasteiger partial charge in [0.2, 0.25) is 0 Å². The van der Waals surface area contributed by atoms with E-state index in [1.807, 2.05) is 37.3 Å². The van der Waals surface area contributed by atoms with Crippen molar-refractivity contribution in [1.82, 2.24) is 4.98 Å². The highest BCUT2D eigenvalue weighted by Gasteiger charge is 2.05. The van der Waals surface area contributed by atoms with Crippen LogP contribution in [0.15, 0.2) is 47.5 Å². The van der Waals surface area contributed by atoms with Crippen LogP contribution in [0.2, 0.25) is 0 Å². The summed E-state index contributed by atoms with van der Waals surface area (Å²) in [5.41, 5.74) is 3.09. The largest absolute Gasteiger partial charge is 0.294 e. The second-order valence-corrected chi connectivity index (χ2v) is 5.98. The molecule has 0 N–H and O–H groups in total. The molecule has 0 amide bonds. The zero-order valence-electron chi connectivity index (χ0n) is 11.9. The number of carbonyl (C=O) groups excluding carboxylic acids is 1. The number of rotatable bonds is 6. The van der Waals surface area contributed by atoms with Crippen LogP contribution in [0.4, 0.5) is 0 Å². The third kappa shape index (κ3) is 4.49. The molecule has 0 atom stereocenters. The summed E-state index contributed by atoms with van der Waals surface area (Å²) in [7, 11) is 0. The molecular weight excluding hydrogens is 266 g/mol. The van der Waals surface area contributed by atoms with Gasteiger partial charge >= 0.3 is 0 Å². The van der Waals surface area contributed by atoms with Gasteiger partial charge in [0.05, 0.1) is 5.03 Å². The molecule has 1 heterocycles. The summed E-state index contributed by atoms with van der Waals surface area (Å²) < 4.78 is 0. The monoisotopic (exact) mass is 285 g/mol. The highest BCUT2D eigenvalue weighted by molar-refractivity contribution is 7.99. The molecule has 0 bridgehead atoms. The van der Waals surface area contributed by atoms with Gasteiger partial charge in [0.15, 0.2) is 5.78 Å². The fourth-order valence-electron chi connectivity index (χ4n) is 2.06. The van der Waals surface area contributed by atoms with Gasteiger partial charge in [-0.15, -0.1) is 11.8 Å².